The molecular weight excluding hydrogens is 374 g/mol. The number of nitrogens with one attached hydrogen (secondary N) is 1. The first-order valence-electron chi connectivity index (χ1n) is 9.21. The Bertz CT molecular complexity index is 1120. The number of hydrogen-bond donors (Lipinski definition) is 4. The largest absolute Gasteiger partial charge is 0.388 e. The fourth-order valence-electron chi connectivity index (χ4n) is 3.31. The summed E-state index contributed by atoms with van der Waals surface area (Å²) in [7, 11) is 0. The first-order chi connectivity index (χ1) is 13.9. The number of H-pyrrole nitrogens is 1. The summed E-state index contributed by atoms with van der Waals surface area (Å²) in [6.45, 7) is 5.90. The molecule has 0 aliphatic carbocycles. The molecule has 10 nitrogen and oxygen atoms in total. The predicted octanol–water partition coefficient (Wildman–Crippen LogP) is 1.23. The highest BCUT2D eigenvalue weighted by atomic mass is 16.6. The van der Waals surface area contributed by atoms with E-state index in [9.17, 15) is 10.2 Å². The standard InChI is InChI=1S/C10H13N5O3.C9H10N2/c1-4-6(16)7(17)10(18-4)15-3-14-5-8(11)12-2-13-9(5)15;1-6-3-8-9(4-7(6)2)11-5-10-8/h2-4,6-7,10,16-17H,1H3,(H2,11,12,13);3-5H,1-2H3,(H,10,11)/t4-,6-,7-,10-;/m1./s1. The van der Waals surface area contributed by atoms with Crippen LogP contribution < -0.4 is 5.73 Å². The topological polar surface area (TPSA) is 148 Å². The van der Waals surface area contributed by atoms with Crippen molar-refractivity contribution in [2.24, 2.45) is 0 Å². The fraction of sp³-hybridized carbons (Fsp3) is 0.368. The molecule has 0 unspecified atom stereocenters. The van der Waals surface area contributed by atoms with Crippen LogP contribution in [0.1, 0.15) is 24.3 Å². The van der Waals surface area contributed by atoms with Crippen molar-refractivity contribution >= 4 is 28.0 Å². The van der Waals surface area contributed by atoms with Gasteiger partial charge in [-0.2, -0.15) is 0 Å². The van der Waals surface area contributed by atoms with Gasteiger partial charge in [0.1, 0.15) is 24.1 Å². The summed E-state index contributed by atoms with van der Waals surface area (Å²) in [6.07, 6.45) is 1.35. The average molecular weight is 397 g/mol. The summed E-state index contributed by atoms with van der Waals surface area (Å²) in [6, 6.07) is 4.22. The van der Waals surface area contributed by atoms with Gasteiger partial charge in [0.15, 0.2) is 17.7 Å². The summed E-state index contributed by atoms with van der Waals surface area (Å²) >= 11 is 0. The Balaban J connectivity index is 0.000000159. The Labute approximate surface area is 166 Å². The molecule has 3 aromatic heterocycles. The van der Waals surface area contributed by atoms with Crippen molar-refractivity contribution in [2.45, 2.75) is 45.3 Å². The molecule has 152 valence electrons. The van der Waals surface area contributed by atoms with Gasteiger partial charge in [-0.15, -0.1) is 0 Å². The number of benzene rings is 1. The van der Waals surface area contributed by atoms with Gasteiger partial charge in [-0.25, -0.2) is 19.9 Å². The second-order valence-corrected chi connectivity index (χ2v) is 7.15. The molecule has 29 heavy (non-hydrogen) atoms. The zero-order valence-electron chi connectivity index (χ0n) is 16.3. The number of aromatic amines is 1. The van der Waals surface area contributed by atoms with E-state index in [1.165, 1.54) is 23.8 Å². The van der Waals surface area contributed by atoms with Crippen molar-refractivity contribution in [3.05, 3.63) is 42.2 Å². The number of ether oxygens (including phenoxy) is 1. The molecule has 4 aromatic rings. The van der Waals surface area contributed by atoms with E-state index < -0.39 is 24.5 Å². The minimum Gasteiger partial charge on any atom is -0.388 e. The second-order valence-electron chi connectivity index (χ2n) is 7.15. The summed E-state index contributed by atoms with van der Waals surface area (Å²) in [5, 5.41) is 19.6. The maximum Gasteiger partial charge on any atom is 0.167 e. The van der Waals surface area contributed by atoms with Crippen molar-refractivity contribution in [1.29, 1.82) is 0 Å². The molecule has 0 spiro atoms. The van der Waals surface area contributed by atoms with Crippen LogP contribution in [0.15, 0.2) is 31.1 Å². The molecule has 1 saturated heterocycles. The normalized spacial score (nSPS) is 24.0. The smallest absolute Gasteiger partial charge is 0.167 e. The van der Waals surface area contributed by atoms with Crippen molar-refractivity contribution < 1.29 is 14.9 Å². The summed E-state index contributed by atoms with van der Waals surface area (Å²) < 4.78 is 7.05. The van der Waals surface area contributed by atoms with Crippen LogP contribution in [0.2, 0.25) is 0 Å². The van der Waals surface area contributed by atoms with Gasteiger partial charge in [0, 0.05) is 0 Å². The molecule has 10 heteroatoms. The number of nitrogens with two attached hydrogens (primary N) is 1. The van der Waals surface area contributed by atoms with Crippen LogP contribution in [0, 0.1) is 13.8 Å². The van der Waals surface area contributed by atoms with Crippen LogP contribution in [0.4, 0.5) is 5.82 Å². The maximum atomic E-state index is 9.93. The number of hydrogen-bond acceptors (Lipinski definition) is 8. The summed E-state index contributed by atoms with van der Waals surface area (Å²) in [5.74, 6) is 0.264. The highest BCUT2D eigenvalue weighted by Gasteiger charge is 2.42. The fourth-order valence-corrected chi connectivity index (χ4v) is 3.31. The third-order valence-corrected chi connectivity index (χ3v) is 5.17. The minimum absolute atomic E-state index is 0.264. The van der Waals surface area contributed by atoms with Crippen molar-refractivity contribution in [3.8, 4) is 0 Å². The lowest BCUT2D eigenvalue weighted by molar-refractivity contribution is -0.0299. The highest BCUT2D eigenvalue weighted by molar-refractivity contribution is 5.81. The average Bonchev–Trinajstić information content (AvgIpc) is 3.38. The number of nitrogens with zero attached hydrogens (tertiary/aromatic N) is 5. The van der Waals surface area contributed by atoms with E-state index in [0.717, 1.165) is 11.0 Å². The quantitative estimate of drug-likeness (QED) is 0.375. The van der Waals surface area contributed by atoms with Crippen LogP contribution in [0.5, 0.6) is 0 Å². The lowest BCUT2D eigenvalue weighted by atomic mass is 10.1. The molecule has 1 aromatic carbocycles. The molecule has 0 saturated carbocycles. The molecule has 0 amide bonds. The number of fused-ring (bicyclic) bond motifs is 2. The third kappa shape index (κ3) is 3.41. The molecule has 1 aliphatic rings. The van der Waals surface area contributed by atoms with Gasteiger partial charge in [0.2, 0.25) is 0 Å². The molecule has 1 aliphatic heterocycles. The Morgan fingerprint density at radius 3 is 2.55 bits per heavy atom. The number of aromatic nitrogens is 6. The van der Waals surface area contributed by atoms with Crippen LogP contribution in [-0.2, 0) is 4.74 Å². The van der Waals surface area contributed by atoms with Crippen LogP contribution in [0.3, 0.4) is 0 Å². The van der Waals surface area contributed by atoms with Gasteiger partial charge in [0.25, 0.3) is 0 Å². The summed E-state index contributed by atoms with van der Waals surface area (Å²) in [5.41, 5.74) is 11.4. The number of aryl methyl sites for hydroxylation is 2. The van der Waals surface area contributed by atoms with Crippen LogP contribution in [-0.4, -0.2) is 58.0 Å². The summed E-state index contributed by atoms with van der Waals surface area (Å²) in [4.78, 5) is 19.2. The highest BCUT2D eigenvalue weighted by Crippen LogP contribution is 2.31. The SMILES string of the molecule is C[C@H]1O[C@@H](n2cnc3c(N)ncnc32)[C@H](O)[C@@H]1O.Cc1cc2nc[nH]c2cc1C. The first-order valence-corrected chi connectivity index (χ1v) is 9.21. The Morgan fingerprint density at radius 1 is 1.07 bits per heavy atom. The monoisotopic (exact) mass is 397 g/mol. The third-order valence-electron chi connectivity index (χ3n) is 5.17. The van der Waals surface area contributed by atoms with E-state index in [4.69, 9.17) is 10.5 Å². The molecule has 4 heterocycles. The van der Waals surface area contributed by atoms with E-state index in [0.29, 0.717) is 11.2 Å². The van der Waals surface area contributed by atoms with Gasteiger partial charge >= 0.3 is 0 Å². The van der Waals surface area contributed by atoms with Gasteiger partial charge in [-0.3, -0.25) is 4.57 Å². The minimum atomic E-state index is -1.03. The van der Waals surface area contributed by atoms with Crippen molar-refractivity contribution in [2.75, 3.05) is 5.73 Å². The van der Waals surface area contributed by atoms with Crippen LogP contribution >= 0.6 is 0 Å². The van der Waals surface area contributed by atoms with E-state index in [-0.39, 0.29) is 5.82 Å². The van der Waals surface area contributed by atoms with Gasteiger partial charge in [-0.1, -0.05) is 0 Å². The van der Waals surface area contributed by atoms with E-state index in [2.05, 4.69) is 50.9 Å². The molecule has 0 bridgehead atoms. The van der Waals surface area contributed by atoms with Crippen molar-refractivity contribution in [1.82, 2.24) is 29.5 Å². The van der Waals surface area contributed by atoms with E-state index >= 15 is 0 Å². The molecule has 1 fully saturated rings. The second kappa shape index (κ2) is 7.39. The number of aliphatic hydroxyl groups is 2. The van der Waals surface area contributed by atoms with Gasteiger partial charge < -0.3 is 25.7 Å². The lowest BCUT2D eigenvalue weighted by Gasteiger charge is -2.16. The Morgan fingerprint density at radius 2 is 1.83 bits per heavy atom. The van der Waals surface area contributed by atoms with Crippen molar-refractivity contribution in [3.63, 3.8) is 0 Å². The number of aliphatic hydroxyl groups excluding tert-OH is 2. The van der Waals surface area contributed by atoms with E-state index in [1.807, 2.05) is 0 Å². The Hall–Kier alpha value is -3.08. The molecule has 0 radical (unpaired) electrons. The number of anilines is 1. The van der Waals surface area contributed by atoms with E-state index in [1.54, 1.807) is 17.8 Å². The van der Waals surface area contributed by atoms with Gasteiger partial charge in [0.05, 0.1) is 29.8 Å². The number of rotatable bonds is 1. The molecule has 4 atom stereocenters. The number of imidazole rings is 2. The zero-order valence-corrected chi connectivity index (χ0v) is 16.3. The molecule has 5 N–H and O–H groups in total. The lowest BCUT2D eigenvalue weighted by Crippen LogP contribution is -2.30. The maximum absolute atomic E-state index is 9.93. The first kappa shape index (κ1) is 19.2. The predicted molar refractivity (Wildman–Crippen MR) is 107 cm³/mol. The van der Waals surface area contributed by atoms with Gasteiger partial charge in [-0.05, 0) is 44.0 Å². The Kier molecular flexibility index (Phi) is 4.91. The molecule has 5 rings (SSSR count). The van der Waals surface area contributed by atoms with Crippen LogP contribution in [0.25, 0.3) is 22.2 Å². The molecular formula is C19H23N7O3. The zero-order chi connectivity index (χ0) is 20.7. The number of nitrogen functional groups attached to an aromatic ring is 1.